The van der Waals surface area contributed by atoms with Gasteiger partial charge in [0, 0.05) is 45.0 Å². The fourth-order valence-electron chi connectivity index (χ4n) is 1.90. The molecule has 92 valence electrons. The molecule has 0 N–H and O–H groups in total. The van der Waals surface area contributed by atoms with E-state index in [9.17, 15) is 0 Å². The van der Waals surface area contributed by atoms with Crippen LogP contribution in [0.2, 0.25) is 0 Å². The number of benzene rings is 1. The highest BCUT2D eigenvalue weighted by molar-refractivity contribution is 5.94. The van der Waals surface area contributed by atoms with Crippen molar-refractivity contribution in [2.24, 2.45) is 0 Å². The van der Waals surface area contributed by atoms with Gasteiger partial charge in [0.2, 0.25) is 0 Å². The molecular weight excluding hydrogens is 224 g/mol. The van der Waals surface area contributed by atoms with Crippen molar-refractivity contribution >= 4 is 22.3 Å². The molecule has 0 bridgehead atoms. The number of rotatable bonds is 2. The van der Waals surface area contributed by atoms with Crippen molar-refractivity contribution < 1.29 is 0 Å². The lowest BCUT2D eigenvalue weighted by Gasteiger charge is -2.18. The van der Waals surface area contributed by atoms with Crippen LogP contribution >= 0.6 is 0 Å². The molecule has 18 heavy (non-hydrogen) atoms. The van der Waals surface area contributed by atoms with Crippen molar-refractivity contribution in [3.05, 3.63) is 30.0 Å². The second kappa shape index (κ2) is 4.53. The first-order valence-electron chi connectivity index (χ1n) is 5.72. The molecule has 0 atom stereocenters. The minimum absolute atomic E-state index is 0.448. The maximum Gasteiger partial charge on any atom is 0.143 e. The van der Waals surface area contributed by atoms with Crippen molar-refractivity contribution in [3.8, 4) is 6.07 Å². The van der Waals surface area contributed by atoms with E-state index in [1.807, 2.05) is 51.3 Å². The van der Waals surface area contributed by atoms with Crippen molar-refractivity contribution in [3.63, 3.8) is 0 Å². The van der Waals surface area contributed by atoms with Crippen molar-refractivity contribution in [2.75, 3.05) is 38.0 Å². The summed E-state index contributed by atoms with van der Waals surface area (Å²) < 4.78 is 0. The van der Waals surface area contributed by atoms with Gasteiger partial charge in [0.05, 0.1) is 5.52 Å². The third-order valence-corrected chi connectivity index (χ3v) is 2.88. The second-order valence-corrected chi connectivity index (χ2v) is 4.63. The van der Waals surface area contributed by atoms with Gasteiger partial charge >= 0.3 is 0 Å². The van der Waals surface area contributed by atoms with Gasteiger partial charge in [-0.05, 0) is 24.3 Å². The number of fused-ring (bicyclic) bond motifs is 1. The number of hydrogen-bond donors (Lipinski definition) is 0. The van der Waals surface area contributed by atoms with Crippen LogP contribution < -0.4 is 9.80 Å². The normalized spacial score (nSPS) is 10.2. The van der Waals surface area contributed by atoms with Gasteiger partial charge in [0.15, 0.2) is 0 Å². The topological polar surface area (TPSA) is 43.2 Å². The van der Waals surface area contributed by atoms with Gasteiger partial charge in [-0.1, -0.05) is 0 Å². The molecule has 2 rings (SSSR count). The van der Waals surface area contributed by atoms with Crippen LogP contribution in [0.4, 0.5) is 11.4 Å². The average molecular weight is 240 g/mol. The monoisotopic (exact) mass is 240 g/mol. The smallest absolute Gasteiger partial charge is 0.143 e. The maximum atomic E-state index is 9.01. The molecule has 0 aliphatic carbocycles. The third-order valence-electron chi connectivity index (χ3n) is 2.88. The predicted octanol–water partition coefficient (Wildman–Crippen LogP) is 2.24. The van der Waals surface area contributed by atoms with Gasteiger partial charge in [-0.3, -0.25) is 0 Å². The van der Waals surface area contributed by atoms with E-state index in [-0.39, 0.29) is 0 Å². The number of nitrogens with zero attached hydrogens (tertiary/aromatic N) is 4. The maximum absolute atomic E-state index is 9.01. The van der Waals surface area contributed by atoms with Crippen LogP contribution in [-0.2, 0) is 0 Å². The molecule has 4 nitrogen and oxygen atoms in total. The standard InChI is InChI=1S/C14H16N4/c1-17(2)11-5-6-13-12(8-11)14(18(3)4)7-10(9-15)16-13/h5-8H,1-4H3. The highest BCUT2D eigenvalue weighted by Crippen LogP contribution is 2.28. The van der Waals surface area contributed by atoms with Gasteiger partial charge in [0.25, 0.3) is 0 Å². The molecule has 1 aromatic heterocycles. The lowest BCUT2D eigenvalue weighted by atomic mass is 10.1. The second-order valence-electron chi connectivity index (χ2n) is 4.63. The van der Waals surface area contributed by atoms with Crippen molar-refractivity contribution in [2.45, 2.75) is 0 Å². The van der Waals surface area contributed by atoms with Gasteiger partial charge in [0.1, 0.15) is 11.8 Å². The first kappa shape index (κ1) is 12.2. The molecule has 0 unspecified atom stereocenters. The third kappa shape index (κ3) is 2.07. The summed E-state index contributed by atoms with van der Waals surface area (Å²) in [6.07, 6.45) is 0. The van der Waals surface area contributed by atoms with E-state index in [2.05, 4.69) is 22.0 Å². The first-order chi connectivity index (χ1) is 8.52. The lowest BCUT2D eigenvalue weighted by molar-refractivity contribution is 1.12. The Balaban J connectivity index is 2.76. The SMILES string of the molecule is CN(C)c1ccc2nc(C#N)cc(N(C)C)c2c1. The molecule has 1 aromatic carbocycles. The summed E-state index contributed by atoms with van der Waals surface area (Å²) in [5.74, 6) is 0. The van der Waals surface area contributed by atoms with Gasteiger partial charge in [-0.25, -0.2) is 4.98 Å². The number of aromatic nitrogens is 1. The summed E-state index contributed by atoms with van der Waals surface area (Å²) in [6.45, 7) is 0. The number of hydrogen-bond acceptors (Lipinski definition) is 4. The van der Waals surface area contributed by atoms with Crippen molar-refractivity contribution in [1.29, 1.82) is 5.26 Å². The summed E-state index contributed by atoms with van der Waals surface area (Å²) >= 11 is 0. The van der Waals surface area contributed by atoms with Crippen LogP contribution in [0.5, 0.6) is 0 Å². The molecule has 0 amide bonds. The Morgan fingerprint density at radius 1 is 1.06 bits per heavy atom. The predicted molar refractivity (Wildman–Crippen MR) is 75.1 cm³/mol. The summed E-state index contributed by atoms with van der Waals surface area (Å²) in [7, 11) is 7.96. The molecule has 2 aromatic rings. The summed E-state index contributed by atoms with van der Waals surface area (Å²) in [4.78, 5) is 8.39. The van der Waals surface area contributed by atoms with E-state index >= 15 is 0 Å². The van der Waals surface area contributed by atoms with E-state index in [1.54, 1.807) is 0 Å². The Hall–Kier alpha value is -2.28. The largest absolute Gasteiger partial charge is 0.378 e. The van der Waals surface area contributed by atoms with Crippen LogP contribution in [0.1, 0.15) is 5.69 Å². The summed E-state index contributed by atoms with van der Waals surface area (Å²) in [5, 5.41) is 10.1. The Labute approximate surface area is 107 Å². The molecule has 1 heterocycles. The van der Waals surface area contributed by atoms with Gasteiger partial charge < -0.3 is 9.80 Å². The van der Waals surface area contributed by atoms with Gasteiger partial charge in [-0.2, -0.15) is 5.26 Å². The fourth-order valence-corrected chi connectivity index (χ4v) is 1.90. The van der Waals surface area contributed by atoms with Crippen LogP contribution in [0.3, 0.4) is 0 Å². The van der Waals surface area contributed by atoms with E-state index in [1.165, 1.54) is 0 Å². The summed E-state index contributed by atoms with van der Waals surface area (Å²) in [6, 6.07) is 9.99. The van der Waals surface area contributed by atoms with E-state index in [4.69, 9.17) is 5.26 Å². The minimum atomic E-state index is 0.448. The minimum Gasteiger partial charge on any atom is -0.378 e. The quantitative estimate of drug-likeness (QED) is 0.807. The molecule has 0 spiro atoms. The van der Waals surface area contributed by atoms with Crippen LogP contribution in [0, 0.1) is 11.3 Å². The average Bonchev–Trinajstić information content (AvgIpc) is 2.36. The molecule has 4 heteroatoms. The first-order valence-corrected chi connectivity index (χ1v) is 5.72. The number of pyridine rings is 1. The number of nitriles is 1. The highest BCUT2D eigenvalue weighted by atomic mass is 15.1. The van der Waals surface area contributed by atoms with E-state index in [0.717, 1.165) is 22.3 Å². The molecule has 0 aliphatic heterocycles. The molecule has 0 aliphatic rings. The fraction of sp³-hybridized carbons (Fsp3) is 0.286. The molecule has 0 fully saturated rings. The zero-order valence-electron chi connectivity index (χ0n) is 11.1. The zero-order valence-corrected chi connectivity index (χ0v) is 11.1. The highest BCUT2D eigenvalue weighted by Gasteiger charge is 2.08. The summed E-state index contributed by atoms with van der Waals surface area (Å²) in [5.41, 5.74) is 3.43. The van der Waals surface area contributed by atoms with Gasteiger partial charge in [-0.15, -0.1) is 0 Å². The Bertz CT molecular complexity index is 623. The lowest BCUT2D eigenvalue weighted by Crippen LogP contribution is -2.11. The zero-order chi connectivity index (χ0) is 13.3. The molecule has 0 saturated heterocycles. The van der Waals surface area contributed by atoms with Crippen molar-refractivity contribution in [1.82, 2.24) is 4.98 Å². The number of anilines is 2. The molecule has 0 saturated carbocycles. The molecule has 0 radical (unpaired) electrons. The van der Waals surface area contributed by atoms with E-state index < -0.39 is 0 Å². The van der Waals surface area contributed by atoms with Crippen LogP contribution in [0.15, 0.2) is 24.3 Å². The van der Waals surface area contributed by atoms with Crippen LogP contribution in [-0.4, -0.2) is 33.2 Å². The Morgan fingerprint density at radius 2 is 1.78 bits per heavy atom. The van der Waals surface area contributed by atoms with Crippen LogP contribution in [0.25, 0.3) is 10.9 Å². The Kier molecular flexibility index (Phi) is 3.07. The van der Waals surface area contributed by atoms with E-state index in [0.29, 0.717) is 5.69 Å². The Morgan fingerprint density at radius 3 is 2.33 bits per heavy atom. The molecular formula is C14H16N4.